The van der Waals surface area contributed by atoms with Crippen molar-refractivity contribution in [2.75, 3.05) is 36.0 Å². The summed E-state index contributed by atoms with van der Waals surface area (Å²) in [6, 6.07) is 7.50. The maximum atomic E-state index is 14.0. The Labute approximate surface area is 225 Å². The van der Waals surface area contributed by atoms with Gasteiger partial charge in [-0.05, 0) is 49.7 Å². The van der Waals surface area contributed by atoms with E-state index in [1.165, 1.54) is 11.0 Å². The fraction of sp³-hybridized carbons (Fsp3) is 0.480. The Morgan fingerprint density at radius 2 is 1.64 bits per heavy atom. The standard InChI is InChI=1S/C25H24ClF6N7/c1-23(2,25(30,31)32)38-8-14-7-15(26)3-5-17(14)39-19(9-38)34-35-22(39)37-12-24(13-37)10-36(11-24)18-6-4-16(27)20(33-18)21(28)29/h3-7,21H,8-13H2,1-2H3. The number of hydrogen-bond donors (Lipinski definition) is 0. The minimum Gasteiger partial charge on any atom is -0.355 e. The molecular weight excluding hydrogens is 548 g/mol. The summed E-state index contributed by atoms with van der Waals surface area (Å²) in [4.78, 5) is 8.94. The van der Waals surface area contributed by atoms with Crippen molar-refractivity contribution in [3.8, 4) is 5.69 Å². The Hall–Kier alpha value is -3.06. The van der Waals surface area contributed by atoms with Crippen LogP contribution < -0.4 is 9.80 Å². The SMILES string of the molecule is CC(C)(N1Cc2cc(Cl)ccc2-n2c(nnc2N2CC3(CN(c4ccc(F)c(C(F)F)n4)C3)C2)C1)C(F)(F)F. The van der Waals surface area contributed by atoms with E-state index in [-0.39, 0.29) is 18.5 Å². The van der Waals surface area contributed by atoms with Gasteiger partial charge in [0.15, 0.2) is 11.6 Å². The van der Waals surface area contributed by atoms with Crippen molar-refractivity contribution in [3.05, 3.63) is 58.3 Å². The van der Waals surface area contributed by atoms with Crippen LogP contribution >= 0.6 is 11.6 Å². The van der Waals surface area contributed by atoms with E-state index < -0.39 is 29.7 Å². The third-order valence-corrected chi connectivity index (χ3v) is 8.19. The van der Waals surface area contributed by atoms with Crippen molar-refractivity contribution < 1.29 is 26.3 Å². The molecule has 7 nitrogen and oxygen atoms in total. The van der Waals surface area contributed by atoms with Gasteiger partial charge >= 0.3 is 6.18 Å². The summed E-state index contributed by atoms with van der Waals surface area (Å²) in [6.45, 7) is 4.52. The van der Waals surface area contributed by atoms with E-state index in [2.05, 4.69) is 15.2 Å². The molecule has 0 unspecified atom stereocenters. The fourth-order valence-corrected chi connectivity index (χ4v) is 5.77. The zero-order valence-electron chi connectivity index (χ0n) is 21.0. The van der Waals surface area contributed by atoms with Crippen LogP contribution in [0.2, 0.25) is 5.02 Å². The highest BCUT2D eigenvalue weighted by Gasteiger charge is 2.55. The van der Waals surface area contributed by atoms with Crippen LogP contribution in [-0.2, 0) is 13.1 Å². The summed E-state index contributed by atoms with van der Waals surface area (Å²) in [5.74, 6) is 0.161. The predicted molar refractivity (Wildman–Crippen MR) is 132 cm³/mol. The van der Waals surface area contributed by atoms with Gasteiger partial charge < -0.3 is 9.80 Å². The lowest BCUT2D eigenvalue weighted by atomic mass is 9.73. The van der Waals surface area contributed by atoms with Crippen LogP contribution in [0, 0.1) is 11.2 Å². The number of alkyl halides is 5. The molecule has 5 heterocycles. The number of benzene rings is 1. The molecule has 3 aliphatic heterocycles. The van der Waals surface area contributed by atoms with E-state index in [1.807, 2.05) is 9.80 Å². The van der Waals surface area contributed by atoms with Crippen LogP contribution in [-0.4, -0.2) is 62.5 Å². The van der Waals surface area contributed by atoms with Crippen LogP contribution in [0.1, 0.15) is 37.4 Å². The molecule has 3 aromatic rings. The van der Waals surface area contributed by atoms with E-state index in [4.69, 9.17) is 11.6 Å². The molecule has 2 fully saturated rings. The van der Waals surface area contributed by atoms with Gasteiger partial charge in [0.25, 0.3) is 6.43 Å². The Kier molecular flexibility index (Phi) is 5.85. The van der Waals surface area contributed by atoms with Gasteiger partial charge in [-0.1, -0.05) is 11.6 Å². The molecule has 0 aliphatic carbocycles. The van der Waals surface area contributed by atoms with E-state index in [0.717, 1.165) is 19.9 Å². The molecule has 14 heteroatoms. The summed E-state index contributed by atoms with van der Waals surface area (Å²) < 4.78 is 83.4. The molecule has 2 aromatic heterocycles. The first-order valence-electron chi connectivity index (χ1n) is 12.3. The quantitative estimate of drug-likeness (QED) is 0.392. The van der Waals surface area contributed by atoms with Crippen LogP contribution in [0.4, 0.5) is 38.1 Å². The van der Waals surface area contributed by atoms with Crippen molar-refractivity contribution in [2.45, 2.75) is 45.1 Å². The van der Waals surface area contributed by atoms with Crippen LogP contribution in [0.5, 0.6) is 0 Å². The first kappa shape index (κ1) is 26.2. The number of fused-ring (bicyclic) bond motifs is 3. The monoisotopic (exact) mass is 571 g/mol. The Morgan fingerprint density at radius 3 is 2.31 bits per heavy atom. The van der Waals surface area contributed by atoms with E-state index in [1.54, 1.807) is 22.8 Å². The number of hydrogen-bond acceptors (Lipinski definition) is 6. The van der Waals surface area contributed by atoms with Gasteiger partial charge in [-0.2, -0.15) is 13.2 Å². The number of anilines is 2. The zero-order valence-corrected chi connectivity index (χ0v) is 21.7. The molecule has 1 spiro atoms. The maximum Gasteiger partial charge on any atom is 0.406 e. The summed E-state index contributed by atoms with van der Waals surface area (Å²) >= 11 is 6.22. The van der Waals surface area contributed by atoms with Crippen molar-refractivity contribution in [1.82, 2.24) is 24.6 Å². The molecule has 6 rings (SSSR count). The van der Waals surface area contributed by atoms with Crippen molar-refractivity contribution in [1.29, 1.82) is 0 Å². The minimum absolute atomic E-state index is 0.0232. The molecule has 0 bridgehead atoms. The molecule has 0 saturated carbocycles. The van der Waals surface area contributed by atoms with Gasteiger partial charge in [-0.25, -0.2) is 18.2 Å². The minimum atomic E-state index is -4.47. The first-order valence-corrected chi connectivity index (χ1v) is 12.7. The third kappa shape index (κ3) is 4.21. The second-order valence-electron chi connectivity index (χ2n) is 11.0. The van der Waals surface area contributed by atoms with Crippen LogP contribution in [0.15, 0.2) is 30.3 Å². The van der Waals surface area contributed by atoms with Crippen molar-refractivity contribution >= 4 is 23.4 Å². The van der Waals surface area contributed by atoms with Gasteiger partial charge in [0.2, 0.25) is 5.95 Å². The highest BCUT2D eigenvalue weighted by molar-refractivity contribution is 6.30. The second-order valence-corrected chi connectivity index (χ2v) is 11.4. The van der Waals surface area contributed by atoms with Gasteiger partial charge in [0.05, 0.1) is 12.2 Å². The lowest BCUT2D eigenvalue weighted by Gasteiger charge is -2.60. The molecule has 0 amide bonds. The van der Waals surface area contributed by atoms with Crippen LogP contribution in [0.3, 0.4) is 0 Å². The largest absolute Gasteiger partial charge is 0.406 e. The van der Waals surface area contributed by atoms with Gasteiger partial charge in [0.1, 0.15) is 17.1 Å². The molecule has 0 N–H and O–H groups in total. The molecular formula is C25H24ClF6N7. The van der Waals surface area contributed by atoms with Gasteiger partial charge in [0, 0.05) is 43.2 Å². The lowest BCUT2D eigenvalue weighted by molar-refractivity contribution is -0.224. The van der Waals surface area contributed by atoms with Crippen LogP contribution in [0.25, 0.3) is 5.69 Å². The molecule has 2 saturated heterocycles. The molecule has 208 valence electrons. The van der Waals surface area contributed by atoms with E-state index in [9.17, 15) is 26.3 Å². The maximum absolute atomic E-state index is 14.0. The van der Waals surface area contributed by atoms with E-state index >= 15 is 0 Å². The summed E-state index contributed by atoms with van der Waals surface area (Å²) in [7, 11) is 0. The highest BCUT2D eigenvalue weighted by atomic mass is 35.5. The smallest absolute Gasteiger partial charge is 0.355 e. The predicted octanol–water partition coefficient (Wildman–Crippen LogP) is 5.38. The Morgan fingerprint density at radius 1 is 0.949 bits per heavy atom. The Balaban J connectivity index is 1.24. The molecule has 3 aliphatic rings. The average Bonchev–Trinajstić information content (AvgIpc) is 3.12. The Bertz CT molecular complexity index is 1420. The first-order chi connectivity index (χ1) is 18.3. The number of aromatic nitrogens is 4. The van der Waals surface area contributed by atoms with Gasteiger partial charge in [-0.3, -0.25) is 9.47 Å². The van der Waals surface area contributed by atoms with Crippen molar-refractivity contribution in [3.63, 3.8) is 0 Å². The molecule has 39 heavy (non-hydrogen) atoms. The molecule has 0 radical (unpaired) electrons. The lowest BCUT2D eigenvalue weighted by Crippen LogP contribution is -2.73. The number of nitrogens with zero attached hydrogens (tertiary/aromatic N) is 7. The number of rotatable bonds is 4. The summed E-state index contributed by atoms with van der Waals surface area (Å²) in [5, 5.41) is 9.04. The molecule has 1 aromatic carbocycles. The number of pyridine rings is 1. The average molecular weight is 572 g/mol. The second kappa shape index (κ2) is 8.72. The van der Waals surface area contributed by atoms with Gasteiger partial charge in [-0.15, -0.1) is 10.2 Å². The highest BCUT2D eigenvalue weighted by Crippen LogP contribution is 2.45. The number of halogens is 7. The summed E-state index contributed by atoms with van der Waals surface area (Å²) in [6.07, 6.45) is -7.47. The van der Waals surface area contributed by atoms with E-state index in [0.29, 0.717) is 60.0 Å². The third-order valence-electron chi connectivity index (χ3n) is 7.95. The fourth-order valence-electron chi connectivity index (χ4n) is 5.57. The normalized spacial score (nSPS) is 19.0. The molecule has 0 atom stereocenters. The topological polar surface area (TPSA) is 53.3 Å². The summed E-state index contributed by atoms with van der Waals surface area (Å²) in [5.41, 5.74) is -1.83. The zero-order chi connectivity index (χ0) is 27.9. The van der Waals surface area contributed by atoms with Crippen molar-refractivity contribution in [2.24, 2.45) is 5.41 Å².